The zero-order valence-electron chi connectivity index (χ0n) is 17.3. The number of hydrogen-bond donors (Lipinski definition) is 3. The standard InChI is InChI=1S/C22H28N4O4S/c27-22(24-16-18-5-4-14-30-18)17-8-9-21(26-12-10-23-11-13-26)20(15-17)25-31(28,29)19-6-2-1-3-7-19/h1-3,6-9,15,18,23,25H,4-5,10-14,16H2,(H,24,27). The summed E-state index contributed by atoms with van der Waals surface area (Å²) in [6.07, 6.45) is 1.98. The van der Waals surface area contributed by atoms with Crippen molar-refractivity contribution in [2.24, 2.45) is 0 Å². The molecule has 2 aromatic carbocycles. The van der Waals surface area contributed by atoms with Crippen molar-refractivity contribution < 1.29 is 17.9 Å². The van der Waals surface area contributed by atoms with Crippen LogP contribution in [0, 0.1) is 0 Å². The molecule has 2 fully saturated rings. The predicted octanol–water partition coefficient (Wildman–Crippen LogP) is 1.81. The van der Waals surface area contributed by atoms with E-state index in [1.165, 1.54) is 0 Å². The van der Waals surface area contributed by atoms with E-state index in [9.17, 15) is 13.2 Å². The molecule has 1 amide bonds. The van der Waals surface area contributed by atoms with Crippen LogP contribution in [0.15, 0.2) is 53.4 Å². The summed E-state index contributed by atoms with van der Waals surface area (Å²) >= 11 is 0. The van der Waals surface area contributed by atoms with Gasteiger partial charge in [-0.1, -0.05) is 18.2 Å². The third kappa shape index (κ3) is 5.36. The minimum absolute atomic E-state index is 0.0418. The zero-order valence-corrected chi connectivity index (χ0v) is 18.2. The Balaban J connectivity index is 1.59. The number of carbonyl (C=O) groups is 1. The van der Waals surface area contributed by atoms with E-state index in [1.54, 1.807) is 42.5 Å². The highest BCUT2D eigenvalue weighted by Crippen LogP contribution is 2.30. The molecule has 2 aliphatic heterocycles. The van der Waals surface area contributed by atoms with E-state index >= 15 is 0 Å². The first-order chi connectivity index (χ1) is 15.0. The van der Waals surface area contributed by atoms with Gasteiger partial charge < -0.3 is 20.3 Å². The smallest absolute Gasteiger partial charge is 0.261 e. The largest absolute Gasteiger partial charge is 0.376 e. The number of hydrogen-bond acceptors (Lipinski definition) is 6. The summed E-state index contributed by atoms with van der Waals surface area (Å²) in [5.74, 6) is -0.248. The molecule has 0 radical (unpaired) electrons. The van der Waals surface area contributed by atoms with Crippen molar-refractivity contribution in [2.75, 3.05) is 49.0 Å². The maximum Gasteiger partial charge on any atom is 0.261 e. The van der Waals surface area contributed by atoms with Crippen LogP contribution in [0.3, 0.4) is 0 Å². The van der Waals surface area contributed by atoms with E-state index in [1.807, 2.05) is 6.07 Å². The van der Waals surface area contributed by atoms with Crippen LogP contribution in [-0.2, 0) is 14.8 Å². The number of amides is 1. The first-order valence-electron chi connectivity index (χ1n) is 10.6. The SMILES string of the molecule is O=C(NCC1CCCO1)c1ccc(N2CCNCC2)c(NS(=O)(=O)c2ccccc2)c1. The number of anilines is 2. The Labute approximate surface area is 183 Å². The number of benzene rings is 2. The van der Waals surface area contributed by atoms with Crippen molar-refractivity contribution in [1.29, 1.82) is 0 Å². The lowest BCUT2D eigenvalue weighted by Gasteiger charge is -2.31. The van der Waals surface area contributed by atoms with Crippen LogP contribution in [0.2, 0.25) is 0 Å². The predicted molar refractivity (Wildman–Crippen MR) is 120 cm³/mol. The summed E-state index contributed by atoms with van der Waals surface area (Å²) in [6, 6.07) is 13.4. The maximum atomic E-state index is 13.0. The topological polar surface area (TPSA) is 99.8 Å². The number of ether oxygens (including phenoxy) is 1. The summed E-state index contributed by atoms with van der Waals surface area (Å²) in [5.41, 5.74) is 1.56. The van der Waals surface area contributed by atoms with Gasteiger partial charge in [-0.15, -0.1) is 0 Å². The van der Waals surface area contributed by atoms with Crippen LogP contribution in [0.5, 0.6) is 0 Å². The molecule has 2 saturated heterocycles. The summed E-state index contributed by atoms with van der Waals surface area (Å²) in [7, 11) is -3.79. The lowest BCUT2D eigenvalue weighted by molar-refractivity contribution is 0.0858. The molecular formula is C22H28N4O4S. The molecule has 0 aromatic heterocycles. The average Bonchev–Trinajstić information content (AvgIpc) is 3.32. The van der Waals surface area contributed by atoms with Crippen molar-refractivity contribution in [2.45, 2.75) is 23.8 Å². The van der Waals surface area contributed by atoms with E-state index in [-0.39, 0.29) is 16.9 Å². The third-order valence-electron chi connectivity index (χ3n) is 5.53. The van der Waals surface area contributed by atoms with Crippen LogP contribution in [0.25, 0.3) is 0 Å². The molecule has 166 valence electrons. The van der Waals surface area contributed by atoms with Gasteiger partial charge in [0.25, 0.3) is 15.9 Å². The fraction of sp³-hybridized carbons (Fsp3) is 0.409. The Morgan fingerprint density at radius 2 is 1.90 bits per heavy atom. The second-order valence-corrected chi connectivity index (χ2v) is 9.41. The number of nitrogens with zero attached hydrogens (tertiary/aromatic N) is 1. The highest BCUT2D eigenvalue weighted by atomic mass is 32.2. The van der Waals surface area contributed by atoms with Crippen LogP contribution >= 0.6 is 0 Å². The van der Waals surface area contributed by atoms with Crippen LogP contribution in [0.4, 0.5) is 11.4 Å². The molecule has 2 aliphatic rings. The van der Waals surface area contributed by atoms with E-state index in [0.29, 0.717) is 17.8 Å². The molecule has 8 nitrogen and oxygen atoms in total. The normalized spacial score (nSPS) is 19.2. The second kappa shape index (κ2) is 9.67. The summed E-state index contributed by atoms with van der Waals surface area (Å²) < 4.78 is 34.2. The Hall–Kier alpha value is -2.62. The van der Waals surface area contributed by atoms with E-state index in [0.717, 1.165) is 51.3 Å². The molecule has 2 heterocycles. The van der Waals surface area contributed by atoms with Gasteiger partial charge in [-0.25, -0.2) is 8.42 Å². The van der Waals surface area contributed by atoms with Gasteiger partial charge in [0.2, 0.25) is 0 Å². The second-order valence-electron chi connectivity index (χ2n) is 7.73. The number of nitrogens with one attached hydrogen (secondary N) is 3. The average molecular weight is 445 g/mol. The molecule has 31 heavy (non-hydrogen) atoms. The summed E-state index contributed by atoms with van der Waals surface area (Å²) in [6.45, 7) is 4.31. The molecule has 0 spiro atoms. The lowest BCUT2D eigenvalue weighted by Crippen LogP contribution is -2.43. The highest BCUT2D eigenvalue weighted by molar-refractivity contribution is 7.92. The molecule has 0 saturated carbocycles. The third-order valence-corrected chi connectivity index (χ3v) is 6.91. The van der Waals surface area contributed by atoms with E-state index < -0.39 is 10.0 Å². The first-order valence-corrected chi connectivity index (χ1v) is 12.1. The zero-order chi connectivity index (χ0) is 21.7. The van der Waals surface area contributed by atoms with Crippen LogP contribution in [0.1, 0.15) is 23.2 Å². The molecule has 9 heteroatoms. The minimum atomic E-state index is -3.79. The molecule has 2 aromatic rings. The van der Waals surface area contributed by atoms with Crippen molar-refractivity contribution in [3.8, 4) is 0 Å². The Kier molecular flexibility index (Phi) is 6.74. The number of carbonyl (C=O) groups excluding carboxylic acids is 1. The van der Waals surface area contributed by atoms with Crippen LogP contribution in [-0.4, -0.2) is 59.8 Å². The van der Waals surface area contributed by atoms with Gasteiger partial charge in [-0.05, 0) is 43.2 Å². The monoisotopic (exact) mass is 444 g/mol. The van der Waals surface area contributed by atoms with Gasteiger partial charge in [-0.3, -0.25) is 9.52 Å². The lowest BCUT2D eigenvalue weighted by atomic mass is 10.1. The highest BCUT2D eigenvalue weighted by Gasteiger charge is 2.22. The number of piperazine rings is 1. The van der Waals surface area contributed by atoms with Crippen molar-refractivity contribution >= 4 is 27.3 Å². The molecule has 0 aliphatic carbocycles. The molecule has 3 N–H and O–H groups in total. The fourth-order valence-corrected chi connectivity index (χ4v) is 4.94. The quantitative estimate of drug-likeness (QED) is 0.602. The van der Waals surface area contributed by atoms with Crippen molar-refractivity contribution in [1.82, 2.24) is 10.6 Å². The van der Waals surface area contributed by atoms with Gasteiger partial charge in [-0.2, -0.15) is 0 Å². The van der Waals surface area contributed by atoms with Gasteiger partial charge in [0.15, 0.2) is 0 Å². The van der Waals surface area contributed by atoms with Crippen molar-refractivity contribution in [3.63, 3.8) is 0 Å². The Bertz CT molecular complexity index is 1000. The van der Waals surface area contributed by atoms with Gasteiger partial charge in [0.05, 0.1) is 22.4 Å². The summed E-state index contributed by atoms with van der Waals surface area (Å²) in [5, 5.41) is 6.19. The Morgan fingerprint density at radius 1 is 1.13 bits per heavy atom. The maximum absolute atomic E-state index is 13.0. The van der Waals surface area contributed by atoms with Gasteiger partial charge in [0.1, 0.15) is 0 Å². The van der Waals surface area contributed by atoms with E-state index in [4.69, 9.17) is 4.74 Å². The first kappa shape index (κ1) is 21.6. The Morgan fingerprint density at radius 3 is 2.61 bits per heavy atom. The minimum Gasteiger partial charge on any atom is -0.376 e. The van der Waals surface area contributed by atoms with Gasteiger partial charge in [0, 0.05) is 44.9 Å². The number of rotatable bonds is 7. The van der Waals surface area contributed by atoms with Crippen molar-refractivity contribution in [3.05, 3.63) is 54.1 Å². The number of sulfonamides is 1. The molecule has 1 atom stereocenters. The van der Waals surface area contributed by atoms with Crippen LogP contribution < -0.4 is 20.3 Å². The molecule has 1 unspecified atom stereocenters. The molecular weight excluding hydrogens is 416 g/mol. The van der Waals surface area contributed by atoms with Gasteiger partial charge >= 0.3 is 0 Å². The molecule has 4 rings (SSSR count). The fourth-order valence-electron chi connectivity index (χ4n) is 3.86. The van der Waals surface area contributed by atoms with E-state index in [2.05, 4.69) is 20.3 Å². The summed E-state index contributed by atoms with van der Waals surface area (Å²) in [4.78, 5) is 15.0. The molecule has 0 bridgehead atoms.